The van der Waals surface area contributed by atoms with Gasteiger partial charge in [0.1, 0.15) is 0 Å². The van der Waals surface area contributed by atoms with Gasteiger partial charge in [0.15, 0.2) is 0 Å². The maximum atomic E-state index is 4.89. The molecule has 0 rings (SSSR count). The van der Waals surface area contributed by atoms with E-state index in [1.807, 2.05) is 13.8 Å². The molecular formula is C6H14OS. The summed E-state index contributed by atoms with van der Waals surface area (Å²) in [6, 6.07) is 0. The van der Waals surface area contributed by atoms with Crippen LogP contribution >= 0.6 is 12.9 Å². The van der Waals surface area contributed by atoms with Crippen molar-refractivity contribution in [3.63, 3.8) is 0 Å². The van der Waals surface area contributed by atoms with E-state index in [9.17, 15) is 0 Å². The lowest BCUT2D eigenvalue weighted by Crippen LogP contribution is -2.27. The van der Waals surface area contributed by atoms with E-state index in [1.165, 1.54) is 0 Å². The molecule has 0 spiro atoms. The molecule has 0 aliphatic rings. The van der Waals surface area contributed by atoms with Crippen molar-refractivity contribution in [2.75, 3.05) is 0 Å². The van der Waals surface area contributed by atoms with Crippen molar-refractivity contribution in [3.05, 3.63) is 0 Å². The molecule has 0 aromatic rings. The van der Waals surface area contributed by atoms with Crippen LogP contribution in [0.3, 0.4) is 0 Å². The minimum absolute atomic E-state index is 0.0941. The summed E-state index contributed by atoms with van der Waals surface area (Å²) < 4.78 is 4.89. The number of hydrogen-bond donors (Lipinski definition) is 1. The summed E-state index contributed by atoms with van der Waals surface area (Å²) in [5.74, 6) is 0.514. The average Bonchev–Trinajstić information content (AvgIpc) is 1.67. The first-order chi connectivity index (χ1) is 3.50. The van der Waals surface area contributed by atoms with Crippen molar-refractivity contribution in [2.24, 2.45) is 5.92 Å². The normalized spacial score (nSPS) is 12.8. The van der Waals surface area contributed by atoms with Crippen molar-refractivity contribution < 1.29 is 4.18 Å². The molecule has 0 aliphatic carbocycles. The van der Waals surface area contributed by atoms with Crippen LogP contribution in [0.25, 0.3) is 0 Å². The van der Waals surface area contributed by atoms with Crippen LogP contribution in [-0.2, 0) is 4.18 Å². The second kappa shape index (κ2) is 2.74. The first kappa shape index (κ1) is 8.31. The summed E-state index contributed by atoms with van der Waals surface area (Å²) in [6.45, 7) is 8.25. The standard InChI is InChI=1S/C6H14OS/c1-5(2)6(3,4)7-8/h5,8H,1-4H3. The van der Waals surface area contributed by atoms with Crippen LogP contribution in [0, 0.1) is 5.92 Å². The maximum absolute atomic E-state index is 4.89. The van der Waals surface area contributed by atoms with Gasteiger partial charge >= 0.3 is 0 Å². The molecule has 0 saturated carbocycles. The molecule has 0 heterocycles. The van der Waals surface area contributed by atoms with Crippen molar-refractivity contribution in [1.29, 1.82) is 0 Å². The summed E-state index contributed by atoms with van der Waals surface area (Å²) >= 11 is 3.74. The highest BCUT2D eigenvalue weighted by Gasteiger charge is 2.21. The van der Waals surface area contributed by atoms with Gasteiger partial charge in [-0.1, -0.05) is 13.8 Å². The van der Waals surface area contributed by atoms with Gasteiger partial charge in [0.2, 0.25) is 0 Å². The minimum atomic E-state index is -0.0941. The van der Waals surface area contributed by atoms with Gasteiger partial charge in [-0.2, -0.15) is 0 Å². The summed E-state index contributed by atoms with van der Waals surface area (Å²) in [7, 11) is 0. The van der Waals surface area contributed by atoms with E-state index in [4.69, 9.17) is 4.18 Å². The van der Waals surface area contributed by atoms with Gasteiger partial charge in [0.25, 0.3) is 0 Å². The van der Waals surface area contributed by atoms with Crippen molar-refractivity contribution in [1.82, 2.24) is 0 Å². The zero-order valence-corrected chi connectivity index (χ0v) is 6.83. The van der Waals surface area contributed by atoms with Crippen molar-refractivity contribution in [2.45, 2.75) is 33.3 Å². The molecule has 0 amide bonds. The molecule has 0 aromatic carbocycles. The fraction of sp³-hybridized carbons (Fsp3) is 1.00. The van der Waals surface area contributed by atoms with E-state index in [0.29, 0.717) is 5.92 Å². The van der Waals surface area contributed by atoms with Gasteiger partial charge in [-0.3, -0.25) is 0 Å². The van der Waals surface area contributed by atoms with Gasteiger partial charge in [0, 0.05) is 0 Å². The van der Waals surface area contributed by atoms with Crippen molar-refractivity contribution >= 4 is 12.9 Å². The van der Waals surface area contributed by atoms with Crippen LogP contribution in [0.15, 0.2) is 0 Å². The number of thiol groups is 1. The molecule has 8 heavy (non-hydrogen) atoms. The second-order valence-electron chi connectivity index (χ2n) is 2.85. The zero-order valence-electron chi connectivity index (χ0n) is 5.93. The Morgan fingerprint density at radius 2 is 1.75 bits per heavy atom. The molecule has 0 bridgehead atoms. The van der Waals surface area contributed by atoms with E-state index >= 15 is 0 Å². The lowest BCUT2D eigenvalue weighted by Gasteiger charge is -2.25. The zero-order chi connectivity index (χ0) is 6.78. The summed E-state index contributed by atoms with van der Waals surface area (Å²) in [5.41, 5.74) is -0.0941. The number of hydrogen-bond acceptors (Lipinski definition) is 2. The number of rotatable bonds is 2. The van der Waals surface area contributed by atoms with E-state index in [-0.39, 0.29) is 5.60 Å². The Balaban J connectivity index is 3.71. The van der Waals surface area contributed by atoms with Gasteiger partial charge in [-0.15, -0.1) is 0 Å². The van der Waals surface area contributed by atoms with E-state index in [2.05, 4.69) is 26.8 Å². The third kappa shape index (κ3) is 2.05. The van der Waals surface area contributed by atoms with Gasteiger partial charge in [0.05, 0.1) is 5.60 Å². The largest absolute Gasteiger partial charge is 0.312 e. The highest BCUT2D eigenvalue weighted by Crippen LogP contribution is 2.20. The SMILES string of the molecule is CC(C)C(C)(C)OS. The first-order valence-corrected chi connectivity index (χ1v) is 3.20. The van der Waals surface area contributed by atoms with Crippen molar-refractivity contribution in [3.8, 4) is 0 Å². The fourth-order valence-corrected chi connectivity index (χ4v) is 0.316. The molecule has 0 radical (unpaired) electrons. The lowest BCUT2D eigenvalue weighted by atomic mass is 9.95. The molecule has 1 nitrogen and oxygen atoms in total. The van der Waals surface area contributed by atoms with Crippen LogP contribution in [0.2, 0.25) is 0 Å². The molecule has 50 valence electrons. The summed E-state index contributed by atoms with van der Waals surface area (Å²) in [4.78, 5) is 0. The quantitative estimate of drug-likeness (QED) is 0.450. The first-order valence-electron chi connectivity index (χ1n) is 2.83. The molecule has 0 aliphatic heterocycles. The van der Waals surface area contributed by atoms with Gasteiger partial charge in [-0.05, 0) is 32.7 Å². The third-order valence-electron chi connectivity index (χ3n) is 1.63. The van der Waals surface area contributed by atoms with E-state index in [0.717, 1.165) is 0 Å². The summed E-state index contributed by atoms with van der Waals surface area (Å²) in [5, 5.41) is 0. The smallest absolute Gasteiger partial charge is 0.0792 e. The Hall–Kier alpha value is 0.310. The van der Waals surface area contributed by atoms with Gasteiger partial charge < -0.3 is 4.18 Å². The summed E-state index contributed by atoms with van der Waals surface area (Å²) in [6.07, 6.45) is 0. The average molecular weight is 134 g/mol. The molecule has 0 N–H and O–H groups in total. The Labute approximate surface area is 57.0 Å². The Bertz CT molecular complexity index is 68.9. The topological polar surface area (TPSA) is 9.23 Å². The Kier molecular flexibility index (Phi) is 2.84. The highest BCUT2D eigenvalue weighted by atomic mass is 32.1. The van der Waals surface area contributed by atoms with Crippen LogP contribution in [0.1, 0.15) is 27.7 Å². The van der Waals surface area contributed by atoms with Crippen LogP contribution in [0.4, 0.5) is 0 Å². The molecule has 0 fully saturated rings. The van der Waals surface area contributed by atoms with Gasteiger partial charge in [-0.25, -0.2) is 0 Å². The predicted octanol–water partition coefficient (Wildman–Crippen LogP) is 2.28. The molecule has 0 unspecified atom stereocenters. The van der Waals surface area contributed by atoms with E-state index < -0.39 is 0 Å². The van der Waals surface area contributed by atoms with Crippen LogP contribution in [0.5, 0.6) is 0 Å². The van der Waals surface area contributed by atoms with Crippen LogP contribution in [-0.4, -0.2) is 5.60 Å². The fourth-order valence-electron chi connectivity index (χ4n) is 0.105. The predicted molar refractivity (Wildman–Crippen MR) is 39.0 cm³/mol. The second-order valence-corrected chi connectivity index (χ2v) is 3.03. The molecule has 0 atom stereocenters. The maximum Gasteiger partial charge on any atom is 0.0792 e. The lowest BCUT2D eigenvalue weighted by molar-refractivity contribution is 0.0885. The monoisotopic (exact) mass is 134 g/mol. The van der Waals surface area contributed by atoms with Crippen LogP contribution < -0.4 is 0 Å². The third-order valence-corrected chi connectivity index (χ3v) is 2.10. The Morgan fingerprint density at radius 1 is 1.38 bits per heavy atom. The Morgan fingerprint density at radius 3 is 1.75 bits per heavy atom. The molecule has 2 heteroatoms. The molecular weight excluding hydrogens is 120 g/mol. The highest BCUT2D eigenvalue weighted by molar-refractivity contribution is 7.75. The minimum Gasteiger partial charge on any atom is -0.312 e. The van der Waals surface area contributed by atoms with E-state index in [1.54, 1.807) is 0 Å². The molecule has 0 aromatic heterocycles. The molecule has 0 saturated heterocycles.